The Balaban J connectivity index is 2.15. The molecule has 0 radical (unpaired) electrons. The van der Waals surface area contributed by atoms with E-state index < -0.39 is 0 Å². The molecular formula is C27H40O2S. The molecule has 0 aliphatic heterocycles. The Kier molecular flexibility index (Phi) is 8.73. The van der Waals surface area contributed by atoms with Crippen molar-refractivity contribution in [2.75, 3.05) is 5.75 Å². The number of benzene rings is 2. The van der Waals surface area contributed by atoms with Crippen LogP contribution in [0.15, 0.2) is 29.2 Å². The Labute approximate surface area is 188 Å². The number of phenols is 2. The van der Waals surface area contributed by atoms with Crippen LogP contribution in [-0.4, -0.2) is 16.0 Å². The van der Waals surface area contributed by atoms with Crippen LogP contribution in [0, 0.1) is 0 Å². The van der Waals surface area contributed by atoms with Gasteiger partial charge in [0, 0.05) is 4.90 Å². The lowest BCUT2D eigenvalue weighted by molar-refractivity contribution is 0.451. The molecule has 0 atom stereocenters. The predicted molar refractivity (Wildman–Crippen MR) is 132 cm³/mol. The molecule has 0 fully saturated rings. The van der Waals surface area contributed by atoms with Gasteiger partial charge in [0.1, 0.15) is 11.5 Å². The van der Waals surface area contributed by atoms with Gasteiger partial charge in [0.15, 0.2) is 0 Å². The first-order valence-corrected chi connectivity index (χ1v) is 12.4. The van der Waals surface area contributed by atoms with Crippen LogP contribution in [0.2, 0.25) is 0 Å². The Morgan fingerprint density at radius 2 is 1.17 bits per heavy atom. The fraction of sp³-hybridized carbons (Fsp3) is 0.556. The lowest BCUT2D eigenvalue weighted by Crippen LogP contribution is -2.00. The van der Waals surface area contributed by atoms with E-state index in [0.29, 0.717) is 35.2 Å². The minimum Gasteiger partial charge on any atom is -0.507 e. The maximum Gasteiger partial charge on any atom is 0.132 e. The molecule has 2 nitrogen and oxygen atoms in total. The standard InChI is InChI=1S/C27H40O2S/c1-16(2)21-12-20(26(28)23(13-21)18(5)6)10-9-11-30-25-15-22(17(3)4)14-24(19(7)8)27(25)29/h12-19,28-29H,9-11H2,1-8H3. The molecule has 0 amide bonds. The van der Waals surface area contributed by atoms with E-state index in [1.54, 1.807) is 11.8 Å². The molecule has 0 spiro atoms. The second kappa shape index (κ2) is 10.6. The molecule has 2 aromatic rings. The number of rotatable bonds is 9. The predicted octanol–water partition coefficient (Wildman–Crippen LogP) is 8.32. The van der Waals surface area contributed by atoms with Crippen LogP contribution >= 0.6 is 11.8 Å². The normalized spacial score (nSPS) is 12.0. The first-order valence-electron chi connectivity index (χ1n) is 11.4. The third kappa shape index (κ3) is 5.97. The highest BCUT2D eigenvalue weighted by Crippen LogP contribution is 2.39. The second-order valence-corrected chi connectivity index (χ2v) is 10.8. The summed E-state index contributed by atoms with van der Waals surface area (Å²) in [6.07, 6.45) is 1.81. The Bertz CT molecular complexity index is 779. The van der Waals surface area contributed by atoms with Crippen LogP contribution < -0.4 is 0 Å². The fourth-order valence-electron chi connectivity index (χ4n) is 3.69. The lowest BCUT2D eigenvalue weighted by Gasteiger charge is -2.18. The molecular weight excluding hydrogens is 388 g/mol. The van der Waals surface area contributed by atoms with Gasteiger partial charge in [-0.15, -0.1) is 11.8 Å². The van der Waals surface area contributed by atoms with E-state index in [2.05, 4.69) is 79.7 Å². The summed E-state index contributed by atoms with van der Waals surface area (Å²) < 4.78 is 0. The van der Waals surface area contributed by atoms with Crippen molar-refractivity contribution in [2.24, 2.45) is 0 Å². The maximum absolute atomic E-state index is 10.8. The zero-order valence-electron chi connectivity index (χ0n) is 20.0. The number of phenolic OH excluding ortho intramolecular Hbond substituents is 2. The molecule has 0 bridgehead atoms. The van der Waals surface area contributed by atoms with Gasteiger partial charge >= 0.3 is 0 Å². The highest BCUT2D eigenvalue weighted by Gasteiger charge is 2.16. The lowest BCUT2D eigenvalue weighted by atomic mass is 9.91. The highest BCUT2D eigenvalue weighted by atomic mass is 32.2. The van der Waals surface area contributed by atoms with Crippen LogP contribution in [0.5, 0.6) is 11.5 Å². The summed E-state index contributed by atoms with van der Waals surface area (Å²) in [5.41, 5.74) is 5.71. The monoisotopic (exact) mass is 428 g/mol. The van der Waals surface area contributed by atoms with Gasteiger partial charge in [-0.2, -0.15) is 0 Å². The number of aromatic hydroxyl groups is 2. The van der Waals surface area contributed by atoms with Crippen LogP contribution in [0.25, 0.3) is 0 Å². The molecule has 30 heavy (non-hydrogen) atoms. The molecule has 0 saturated carbocycles. The largest absolute Gasteiger partial charge is 0.507 e. The van der Waals surface area contributed by atoms with Gasteiger partial charge < -0.3 is 10.2 Å². The Morgan fingerprint density at radius 1 is 0.667 bits per heavy atom. The zero-order chi connectivity index (χ0) is 22.6. The van der Waals surface area contributed by atoms with Gasteiger partial charge in [-0.1, -0.05) is 73.6 Å². The van der Waals surface area contributed by atoms with Gasteiger partial charge in [0.25, 0.3) is 0 Å². The number of hydrogen-bond donors (Lipinski definition) is 2. The van der Waals surface area contributed by atoms with E-state index in [-0.39, 0.29) is 0 Å². The average molecular weight is 429 g/mol. The topological polar surface area (TPSA) is 40.5 Å². The van der Waals surface area contributed by atoms with E-state index in [0.717, 1.165) is 40.2 Å². The molecule has 0 aromatic heterocycles. The van der Waals surface area contributed by atoms with Gasteiger partial charge in [-0.25, -0.2) is 0 Å². The van der Waals surface area contributed by atoms with Crippen molar-refractivity contribution in [3.05, 3.63) is 52.1 Å². The molecule has 0 saturated heterocycles. The van der Waals surface area contributed by atoms with Crippen molar-refractivity contribution < 1.29 is 10.2 Å². The Hall–Kier alpha value is -1.61. The number of hydrogen-bond acceptors (Lipinski definition) is 3. The third-order valence-electron chi connectivity index (χ3n) is 5.79. The minimum absolute atomic E-state index is 0.299. The van der Waals surface area contributed by atoms with E-state index in [4.69, 9.17) is 0 Å². The number of thioether (sulfide) groups is 1. The molecule has 2 rings (SSSR count). The summed E-state index contributed by atoms with van der Waals surface area (Å²) in [6.45, 7) is 17.3. The zero-order valence-corrected chi connectivity index (χ0v) is 20.9. The van der Waals surface area contributed by atoms with Gasteiger partial charge in [-0.05, 0) is 76.1 Å². The molecule has 2 N–H and O–H groups in total. The Morgan fingerprint density at radius 3 is 1.67 bits per heavy atom. The van der Waals surface area contributed by atoms with E-state index in [1.807, 2.05) is 0 Å². The smallest absolute Gasteiger partial charge is 0.132 e. The molecule has 0 aliphatic rings. The van der Waals surface area contributed by atoms with Crippen molar-refractivity contribution in [1.82, 2.24) is 0 Å². The summed E-state index contributed by atoms with van der Waals surface area (Å²) in [7, 11) is 0. The van der Waals surface area contributed by atoms with Gasteiger partial charge in [-0.3, -0.25) is 0 Å². The molecule has 2 aromatic carbocycles. The summed E-state index contributed by atoms with van der Waals surface area (Å²) in [4.78, 5) is 0.980. The second-order valence-electron chi connectivity index (χ2n) is 9.65. The van der Waals surface area contributed by atoms with Gasteiger partial charge in [0.2, 0.25) is 0 Å². The minimum atomic E-state index is 0.299. The van der Waals surface area contributed by atoms with E-state index in [1.165, 1.54) is 11.1 Å². The molecule has 0 aliphatic carbocycles. The fourth-order valence-corrected chi connectivity index (χ4v) is 4.67. The number of aryl methyl sites for hydroxylation is 1. The van der Waals surface area contributed by atoms with Crippen molar-refractivity contribution in [3.63, 3.8) is 0 Å². The van der Waals surface area contributed by atoms with Crippen LogP contribution in [0.4, 0.5) is 0 Å². The summed E-state index contributed by atoms with van der Waals surface area (Å²) >= 11 is 1.72. The highest BCUT2D eigenvalue weighted by molar-refractivity contribution is 7.99. The van der Waals surface area contributed by atoms with Crippen molar-refractivity contribution in [3.8, 4) is 11.5 Å². The molecule has 0 unspecified atom stereocenters. The molecule has 3 heteroatoms. The SMILES string of the molecule is CC(C)c1cc(CCCSc2cc(C(C)C)cc(C(C)C)c2O)c(O)c(C(C)C)c1. The van der Waals surface area contributed by atoms with Crippen LogP contribution in [-0.2, 0) is 6.42 Å². The third-order valence-corrected chi connectivity index (χ3v) is 6.91. The first kappa shape index (κ1) is 24.7. The molecule has 0 heterocycles. The average Bonchev–Trinajstić information content (AvgIpc) is 2.66. The van der Waals surface area contributed by atoms with E-state index >= 15 is 0 Å². The quantitative estimate of drug-likeness (QED) is 0.311. The van der Waals surface area contributed by atoms with Gasteiger partial charge in [0.05, 0.1) is 0 Å². The van der Waals surface area contributed by atoms with Crippen LogP contribution in [0.3, 0.4) is 0 Å². The van der Waals surface area contributed by atoms with Crippen molar-refractivity contribution in [2.45, 2.75) is 96.8 Å². The summed E-state index contributed by atoms with van der Waals surface area (Å²) in [5, 5.41) is 21.5. The first-order chi connectivity index (χ1) is 14.0. The van der Waals surface area contributed by atoms with Crippen molar-refractivity contribution >= 4 is 11.8 Å². The maximum atomic E-state index is 10.8. The molecule has 166 valence electrons. The van der Waals surface area contributed by atoms with E-state index in [9.17, 15) is 10.2 Å². The summed E-state index contributed by atoms with van der Waals surface area (Å²) in [6, 6.07) is 8.62. The summed E-state index contributed by atoms with van der Waals surface area (Å²) in [5.74, 6) is 3.30. The van der Waals surface area contributed by atoms with Crippen molar-refractivity contribution in [1.29, 1.82) is 0 Å². The van der Waals surface area contributed by atoms with Crippen LogP contribution in [0.1, 0.15) is 113 Å².